The Kier molecular flexibility index (Phi) is 23.8. The maximum atomic E-state index is 14.0. The molecule has 0 spiro atoms. The highest BCUT2D eigenvalue weighted by molar-refractivity contribution is 5.98. The van der Waals surface area contributed by atoms with E-state index in [1.165, 1.54) is 43.0 Å². The number of phenols is 1. The number of amides is 8. The Morgan fingerprint density at radius 3 is 1.76 bits per heavy atom. The predicted molar refractivity (Wildman–Crippen MR) is 244 cm³/mol. The minimum atomic E-state index is -1.70. The number of carbonyl (C=O) groups is 10. The third-order valence-corrected chi connectivity index (χ3v) is 11.1. The molecule has 15 N–H and O–H groups in total. The lowest BCUT2D eigenvalue weighted by atomic mass is 10.0. The molecule has 1 fully saturated rings. The Hall–Kier alpha value is -6.40. The highest BCUT2D eigenvalue weighted by atomic mass is 16.4. The van der Waals surface area contributed by atoms with E-state index >= 15 is 0 Å². The fourth-order valence-electron chi connectivity index (χ4n) is 7.10. The van der Waals surface area contributed by atoms with Crippen LogP contribution >= 0.6 is 0 Å². The monoisotopic (exact) mass is 963 g/mol. The number of carbonyl (C=O) groups excluding carboxylic acids is 8. The lowest BCUT2D eigenvalue weighted by Crippen LogP contribution is -2.61. The molecule has 9 atom stereocenters. The molecule has 24 nitrogen and oxygen atoms in total. The number of aromatic hydroxyl groups is 1. The molecule has 68 heavy (non-hydrogen) atoms. The van der Waals surface area contributed by atoms with E-state index in [1.54, 1.807) is 27.7 Å². The quantitative estimate of drug-likeness (QED) is 0.0374. The second kappa shape index (κ2) is 28.1. The summed E-state index contributed by atoms with van der Waals surface area (Å²) in [7, 11) is 0. The lowest BCUT2D eigenvalue weighted by Gasteiger charge is -2.31. The molecule has 0 aromatic heterocycles. The van der Waals surface area contributed by atoms with Crippen LogP contribution in [0.4, 0.5) is 0 Å². The minimum Gasteiger partial charge on any atom is -0.508 e. The Morgan fingerprint density at radius 1 is 0.662 bits per heavy atom. The van der Waals surface area contributed by atoms with E-state index in [9.17, 15) is 63.3 Å². The fraction of sp³-hybridized carbons (Fsp3) is 0.636. The molecule has 1 aromatic carbocycles. The predicted octanol–water partition coefficient (Wildman–Crippen LogP) is -2.93. The van der Waals surface area contributed by atoms with Crippen molar-refractivity contribution in [1.82, 2.24) is 42.1 Å². The number of nitrogens with one attached hydrogen (secondary N) is 7. The maximum absolute atomic E-state index is 14.0. The molecule has 0 bridgehead atoms. The van der Waals surface area contributed by atoms with Crippen molar-refractivity contribution in [3.05, 3.63) is 29.8 Å². The summed E-state index contributed by atoms with van der Waals surface area (Å²) in [4.78, 5) is 132. The number of benzene rings is 1. The van der Waals surface area contributed by atoms with Crippen LogP contribution in [0.25, 0.3) is 0 Å². The van der Waals surface area contributed by atoms with Crippen molar-refractivity contribution in [3.8, 4) is 5.75 Å². The van der Waals surface area contributed by atoms with E-state index in [0.29, 0.717) is 24.8 Å². The highest BCUT2D eigenvalue weighted by Gasteiger charge is 2.40. The molecule has 1 aliphatic rings. The first-order valence-electron chi connectivity index (χ1n) is 22.6. The Bertz CT molecular complexity index is 1930. The number of aliphatic carboxylic acids is 2. The molecule has 380 valence electrons. The van der Waals surface area contributed by atoms with Crippen LogP contribution in [0.2, 0.25) is 0 Å². The zero-order chi connectivity index (χ0) is 51.4. The number of aliphatic hydroxyl groups is 1. The van der Waals surface area contributed by atoms with Crippen LogP contribution in [0.15, 0.2) is 24.3 Å². The second-order valence-electron chi connectivity index (χ2n) is 17.5. The fourth-order valence-corrected chi connectivity index (χ4v) is 7.10. The molecule has 8 amide bonds. The molecule has 0 unspecified atom stereocenters. The first-order chi connectivity index (χ1) is 31.9. The van der Waals surface area contributed by atoms with Crippen LogP contribution in [0, 0.1) is 11.8 Å². The van der Waals surface area contributed by atoms with Gasteiger partial charge in [0.05, 0.1) is 12.6 Å². The SMILES string of the molecule is CC(C)[C@H](NC(=O)[C@H](C)NC(=O)[C@H](Cc1ccc(O)cc1)NC(=O)[C@@H]1CCCN1C(=O)[C@@H](NC(=O)[C@H](C)N)C(C)C)C(=O)N[C@@H](CCCCN)C(=O)N[C@@H](CO)C(=O)N[C@@H](CCC(=O)O)C(=O)O. The van der Waals surface area contributed by atoms with Gasteiger partial charge in [-0.3, -0.25) is 43.2 Å². The third kappa shape index (κ3) is 18.4. The molecule has 1 aliphatic heterocycles. The van der Waals surface area contributed by atoms with Crippen molar-refractivity contribution in [1.29, 1.82) is 0 Å². The van der Waals surface area contributed by atoms with E-state index in [0.717, 1.165) is 0 Å². The van der Waals surface area contributed by atoms with E-state index in [4.69, 9.17) is 16.6 Å². The van der Waals surface area contributed by atoms with Gasteiger partial charge in [0.2, 0.25) is 47.3 Å². The third-order valence-electron chi connectivity index (χ3n) is 11.1. The van der Waals surface area contributed by atoms with Crippen molar-refractivity contribution in [2.45, 2.75) is 147 Å². The Balaban J connectivity index is 2.27. The number of unbranched alkanes of at least 4 members (excludes halogenated alkanes) is 1. The number of aliphatic hydroxyl groups excluding tert-OH is 1. The number of hydrogen-bond acceptors (Lipinski definition) is 14. The van der Waals surface area contributed by atoms with Gasteiger partial charge in [-0.05, 0) is 88.4 Å². The topological polar surface area (TPSA) is 391 Å². The molecule has 0 aliphatic carbocycles. The van der Waals surface area contributed by atoms with Crippen molar-refractivity contribution in [2.75, 3.05) is 19.7 Å². The first kappa shape index (κ1) is 57.7. The van der Waals surface area contributed by atoms with Crippen LogP contribution in [0.3, 0.4) is 0 Å². The molecule has 1 heterocycles. The normalized spacial score (nSPS) is 17.0. The van der Waals surface area contributed by atoms with E-state index in [1.807, 2.05) is 0 Å². The zero-order valence-electron chi connectivity index (χ0n) is 39.4. The van der Waals surface area contributed by atoms with Gasteiger partial charge >= 0.3 is 11.9 Å². The molecule has 2 rings (SSSR count). The van der Waals surface area contributed by atoms with Gasteiger partial charge in [0.25, 0.3) is 0 Å². The summed E-state index contributed by atoms with van der Waals surface area (Å²) < 4.78 is 0. The summed E-state index contributed by atoms with van der Waals surface area (Å²) in [6.07, 6.45) is 0.245. The number of phenolic OH excluding ortho intramolecular Hbond substituents is 1. The van der Waals surface area contributed by atoms with Gasteiger partial charge in [0.15, 0.2) is 0 Å². The van der Waals surface area contributed by atoms with Gasteiger partial charge in [-0.1, -0.05) is 39.8 Å². The number of nitrogens with zero attached hydrogens (tertiary/aromatic N) is 1. The van der Waals surface area contributed by atoms with Gasteiger partial charge < -0.3 is 74.0 Å². The molecule has 1 aromatic rings. The molecule has 0 radical (unpaired) electrons. The van der Waals surface area contributed by atoms with Gasteiger partial charge in [-0.2, -0.15) is 0 Å². The second-order valence-corrected chi connectivity index (χ2v) is 17.5. The molecule has 0 saturated carbocycles. The molecular formula is C44H70N10O14. The van der Waals surface area contributed by atoms with Gasteiger partial charge in [0, 0.05) is 19.4 Å². The van der Waals surface area contributed by atoms with Crippen LogP contribution in [0.1, 0.15) is 92.1 Å². The summed E-state index contributed by atoms with van der Waals surface area (Å²) in [5, 5.41) is 55.6. The number of carboxylic acids is 2. The summed E-state index contributed by atoms with van der Waals surface area (Å²) in [6.45, 7) is 8.92. The number of hydrogen-bond donors (Lipinski definition) is 13. The molecule has 24 heteroatoms. The number of rotatable bonds is 28. The number of likely N-dealkylation sites (tertiary alicyclic amines) is 1. The van der Waals surface area contributed by atoms with Gasteiger partial charge in [-0.15, -0.1) is 0 Å². The van der Waals surface area contributed by atoms with Gasteiger partial charge in [0.1, 0.15) is 54.1 Å². The van der Waals surface area contributed by atoms with Crippen molar-refractivity contribution in [3.63, 3.8) is 0 Å². The van der Waals surface area contributed by atoms with E-state index in [2.05, 4.69) is 37.2 Å². The van der Waals surface area contributed by atoms with Crippen LogP contribution in [-0.4, -0.2) is 159 Å². The van der Waals surface area contributed by atoms with Crippen LogP contribution in [0.5, 0.6) is 5.75 Å². The Labute approximate surface area is 394 Å². The Morgan fingerprint density at radius 2 is 1.22 bits per heavy atom. The number of nitrogens with two attached hydrogens (primary N) is 2. The van der Waals surface area contributed by atoms with Crippen LogP contribution < -0.4 is 48.7 Å². The minimum absolute atomic E-state index is 0.0144. The van der Waals surface area contributed by atoms with E-state index in [-0.39, 0.29) is 44.0 Å². The largest absolute Gasteiger partial charge is 0.508 e. The summed E-state index contributed by atoms with van der Waals surface area (Å²) >= 11 is 0. The average Bonchev–Trinajstić information content (AvgIpc) is 3.77. The summed E-state index contributed by atoms with van der Waals surface area (Å²) in [6, 6.07) is -5.69. The first-order valence-corrected chi connectivity index (χ1v) is 22.6. The maximum Gasteiger partial charge on any atom is 0.326 e. The standard InChI is InChI=1S/C44H70N10O14/c1-22(2)34(42(65)48-28(10-7-8-18-45)38(61)51-31(21-55)40(63)49-29(44(67)68)16-17-33(57)58)52-37(60)25(6)47-39(62)30(20-26-12-14-27(56)15-13-26)50-41(64)32-11-9-19-54(32)43(66)35(23(3)4)53-36(59)24(5)46/h12-15,22-25,28-32,34-35,55-56H,7-11,16-21,45-46H2,1-6H3,(H,47,62)(H,48,65)(H,49,63)(H,50,64)(H,51,61)(H,52,60)(H,53,59)(H,57,58)(H,67,68)/t24-,25-,28-,29-,30-,31-,32-,34-,35-/m0/s1. The number of carboxylic acid groups (broad SMARTS) is 2. The lowest BCUT2D eigenvalue weighted by molar-refractivity contribution is -0.143. The van der Waals surface area contributed by atoms with Crippen molar-refractivity contribution < 1.29 is 68.4 Å². The van der Waals surface area contributed by atoms with Crippen LogP contribution in [-0.2, 0) is 54.4 Å². The molecule has 1 saturated heterocycles. The summed E-state index contributed by atoms with van der Waals surface area (Å²) in [5.74, 6) is -10.1. The van der Waals surface area contributed by atoms with Crippen molar-refractivity contribution in [2.24, 2.45) is 23.3 Å². The highest BCUT2D eigenvalue weighted by Crippen LogP contribution is 2.21. The summed E-state index contributed by atoms with van der Waals surface area (Å²) in [5.41, 5.74) is 11.9. The molecular weight excluding hydrogens is 893 g/mol. The smallest absolute Gasteiger partial charge is 0.326 e. The van der Waals surface area contributed by atoms with Crippen molar-refractivity contribution >= 4 is 59.2 Å². The van der Waals surface area contributed by atoms with E-state index < -0.39 is 139 Å². The average molecular weight is 963 g/mol. The zero-order valence-corrected chi connectivity index (χ0v) is 39.4. The van der Waals surface area contributed by atoms with Gasteiger partial charge in [-0.25, -0.2) is 4.79 Å².